The van der Waals surface area contributed by atoms with E-state index in [1.165, 1.54) is 35.2 Å². The van der Waals surface area contributed by atoms with Gasteiger partial charge in [-0.05, 0) is 75.7 Å². The van der Waals surface area contributed by atoms with Crippen molar-refractivity contribution in [3.63, 3.8) is 0 Å². The van der Waals surface area contributed by atoms with Crippen LogP contribution in [0.4, 0.5) is 5.69 Å². The molecule has 0 aromatic heterocycles. The maximum Gasteiger partial charge on any atom is 0.264 e. The van der Waals surface area contributed by atoms with Crippen LogP contribution >= 0.6 is 39.1 Å². The summed E-state index contributed by atoms with van der Waals surface area (Å²) >= 11 is 15.7. The number of hydrogen-bond acceptors (Lipinski definition) is 4. The maximum atomic E-state index is 13.9. The second-order valence-electron chi connectivity index (χ2n) is 9.99. The van der Waals surface area contributed by atoms with E-state index in [9.17, 15) is 18.0 Å². The minimum absolute atomic E-state index is 0.000867. The number of carbonyl (C=O) groups excluding carboxylic acids is 2. The van der Waals surface area contributed by atoms with E-state index in [4.69, 9.17) is 23.2 Å². The van der Waals surface area contributed by atoms with Crippen LogP contribution in [-0.2, 0) is 26.2 Å². The number of sulfonamides is 1. The zero-order valence-corrected chi connectivity index (χ0v) is 25.9. The van der Waals surface area contributed by atoms with E-state index in [-0.39, 0.29) is 33.1 Å². The fourth-order valence-corrected chi connectivity index (χ4v) is 5.94. The average molecular weight is 655 g/mol. The largest absolute Gasteiger partial charge is 0.350 e. The lowest BCUT2D eigenvalue weighted by molar-refractivity contribution is -0.140. The minimum atomic E-state index is -4.19. The van der Waals surface area contributed by atoms with Crippen molar-refractivity contribution in [2.24, 2.45) is 0 Å². The van der Waals surface area contributed by atoms with E-state index in [2.05, 4.69) is 21.2 Å². The highest BCUT2D eigenvalue weighted by atomic mass is 79.9. The second kappa shape index (κ2) is 12.7. The SMILES string of the molecule is C[C@@H](C(=O)NC(C)(C)C)N(Cc1cccc(Br)c1)C(=O)CN(c1ccc(Cl)c(Cl)c1)S(=O)(=O)c1ccccc1. The van der Waals surface area contributed by atoms with Gasteiger partial charge in [-0.25, -0.2) is 8.42 Å². The van der Waals surface area contributed by atoms with Gasteiger partial charge in [-0.15, -0.1) is 0 Å². The first-order chi connectivity index (χ1) is 18.2. The number of amides is 2. The molecule has 1 N–H and O–H groups in total. The summed E-state index contributed by atoms with van der Waals surface area (Å²) in [6.07, 6.45) is 0. The van der Waals surface area contributed by atoms with Crippen molar-refractivity contribution in [2.75, 3.05) is 10.8 Å². The Kier molecular flexibility index (Phi) is 10.1. The zero-order chi connectivity index (χ0) is 29.0. The molecule has 208 valence electrons. The fraction of sp³-hybridized carbons (Fsp3) is 0.286. The van der Waals surface area contributed by atoms with Crippen molar-refractivity contribution < 1.29 is 18.0 Å². The predicted molar refractivity (Wildman–Crippen MR) is 159 cm³/mol. The van der Waals surface area contributed by atoms with Crippen LogP contribution < -0.4 is 9.62 Å². The molecule has 0 fully saturated rings. The molecule has 0 aliphatic carbocycles. The summed E-state index contributed by atoms with van der Waals surface area (Å²) in [5, 5.41) is 3.28. The third-order valence-corrected chi connectivity index (χ3v) is 8.73. The molecule has 0 unspecified atom stereocenters. The van der Waals surface area contributed by atoms with E-state index in [0.717, 1.165) is 14.3 Å². The third-order valence-electron chi connectivity index (χ3n) is 5.71. The molecule has 0 radical (unpaired) electrons. The topological polar surface area (TPSA) is 86.8 Å². The first-order valence-electron chi connectivity index (χ1n) is 12.1. The van der Waals surface area contributed by atoms with Crippen molar-refractivity contribution in [1.82, 2.24) is 10.2 Å². The number of anilines is 1. The maximum absolute atomic E-state index is 13.9. The first-order valence-corrected chi connectivity index (χ1v) is 15.1. The normalized spacial score (nSPS) is 12.5. The van der Waals surface area contributed by atoms with Gasteiger partial charge in [0.2, 0.25) is 11.8 Å². The monoisotopic (exact) mass is 653 g/mol. The number of nitrogens with one attached hydrogen (secondary N) is 1. The molecule has 0 saturated heterocycles. The lowest BCUT2D eigenvalue weighted by Gasteiger charge is -2.33. The summed E-state index contributed by atoms with van der Waals surface area (Å²) < 4.78 is 29.3. The van der Waals surface area contributed by atoms with Gasteiger partial charge in [0.1, 0.15) is 12.6 Å². The van der Waals surface area contributed by atoms with Crippen molar-refractivity contribution in [3.05, 3.63) is 92.9 Å². The molecule has 0 aliphatic rings. The number of hydrogen-bond donors (Lipinski definition) is 1. The second-order valence-corrected chi connectivity index (χ2v) is 13.6. The van der Waals surface area contributed by atoms with Crippen LogP contribution in [0.25, 0.3) is 0 Å². The Labute approximate surface area is 248 Å². The molecule has 11 heteroatoms. The molecule has 3 aromatic rings. The molecular formula is C28H30BrCl2N3O4S. The van der Waals surface area contributed by atoms with Crippen LogP contribution in [0, 0.1) is 0 Å². The highest BCUT2D eigenvalue weighted by Crippen LogP contribution is 2.31. The van der Waals surface area contributed by atoms with Crippen LogP contribution in [0.2, 0.25) is 10.0 Å². The Hall–Kier alpha value is -2.59. The molecule has 7 nitrogen and oxygen atoms in total. The first kappa shape index (κ1) is 30.9. The van der Waals surface area contributed by atoms with Crippen molar-refractivity contribution in [1.29, 1.82) is 0 Å². The van der Waals surface area contributed by atoms with Gasteiger partial charge in [0, 0.05) is 16.6 Å². The lowest BCUT2D eigenvalue weighted by Crippen LogP contribution is -2.54. The Morgan fingerprint density at radius 3 is 2.21 bits per heavy atom. The van der Waals surface area contributed by atoms with Gasteiger partial charge in [-0.1, -0.05) is 69.5 Å². The fourth-order valence-electron chi connectivity index (χ4n) is 3.78. The van der Waals surface area contributed by atoms with E-state index < -0.39 is 34.1 Å². The highest BCUT2D eigenvalue weighted by Gasteiger charge is 2.33. The van der Waals surface area contributed by atoms with Gasteiger partial charge in [0.05, 0.1) is 20.6 Å². The summed E-state index contributed by atoms with van der Waals surface area (Å²) in [5.41, 5.74) is 0.398. The van der Waals surface area contributed by atoms with E-state index in [1.807, 2.05) is 45.0 Å². The van der Waals surface area contributed by atoms with Gasteiger partial charge < -0.3 is 10.2 Å². The van der Waals surface area contributed by atoms with E-state index >= 15 is 0 Å². The molecule has 39 heavy (non-hydrogen) atoms. The standard InChI is InChI=1S/C28H30BrCl2N3O4S/c1-19(27(36)32-28(2,3)4)33(17-20-9-8-10-21(29)15-20)26(35)18-34(22-13-14-24(30)25(31)16-22)39(37,38)23-11-6-5-7-12-23/h5-16,19H,17-18H2,1-4H3,(H,32,36)/t19-/m0/s1. The van der Waals surface area contributed by atoms with Gasteiger partial charge in [-0.2, -0.15) is 0 Å². The highest BCUT2D eigenvalue weighted by molar-refractivity contribution is 9.10. The van der Waals surface area contributed by atoms with Crippen molar-refractivity contribution in [3.8, 4) is 0 Å². The summed E-state index contributed by atoms with van der Waals surface area (Å²) in [7, 11) is -4.19. The molecule has 2 amide bonds. The molecule has 0 bridgehead atoms. The van der Waals surface area contributed by atoms with Gasteiger partial charge in [0.25, 0.3) is 10.0 Å². The summed E-state index contributed by atoms with van der Waals surface area (Å²) in [4.78, 5) is 28.4. The van der Waals surface area contributed by atoms with Crippen molar-refractivity contribution >= 4 is 66.7 Å². The molecule has 3 rings (SSSR count). The lowest BCUT2D eigenvalue weighted by atomic mass is 10.1. The molecule has 0 heterocycles. The average Bonchev–Trinajstić information content (AvgIpc) is 2.86. The Balaban J connectivity index is 2.05. The van der Waals surface area contributed by atoms with Gasteiger partial charge in [0.15, 0.2) is 0 Å². The molecular weight excluding hydrogens is 625 g/mol. The number of nitrogens with zero attached hydrogens (tertiary/aromatic N) is 2. The molecule has 0 saturated carbocycles. The molecule has 0 spiro atoms. The molecule has 3 aromatic carbocycles. The number of benzene rings is 3. The Morgan fingerprint density at radius 2 is 1.62 bits per heavy atom. The number of carbonyl (C=O) groups is 2. The van der Waals surface area contributed by atoms with Crippen LogP contribution in [0.3, 0.4) is 0 Å². The minimum Gasteiger partial charge on any atom is -0.350 e. The number of rotatable bonds is 9. The Morgan fingerprint density at radius 1 is 0.949 bits per heavy atom. The quantitative estimate of drug-likeness (QED) is 0.294. The zero-order valence-electron chi connectivity index (χ0n) is 22.0. The molecule has 1 atom stereocenters. The van der Waals surface area contributed by atoms with Crippen LogP contribution in [0.1, 0.15) is 33.3 Å². The van der Waals surface area contributed by atoms with Crippen LogP contribution in [-0.4, -0.2) is 43.3 Å². The van der Waals surface area contributed by atoms with Crippen LogP contribution in [0.5, 0.6) is 0 Å². The number of halogens is 3. The van der Waals surface area contributed by atoms with Gasteiger partial charge >= 0.3 is 0 Å². The van der Waals surface area contributed by atoms with Crippen LogP contribution in [0.15, 0.2) is 82.2 Å². The Bertz CT molecular complexity index is 1450. The smallest absolute Gasteiger partial charge is 0.264 e. The molecule has 0 aliphatic heterocycles. The van der Waals surface area contributed by atoms with E-state index in [0.29, 0.717) is 0 Å². The predicted octanol–water partition coefficient (Wildman–Crippen LogP) is 6.28. The van der Waals surface area contributed by atoms with E-state index in [1.54, 1.807) is 25.1 Å². The summed E-state index contributed by atoms with van der Waals surface area (Å²) in [5.74, 6) is -0.935. The summed E-state index contributed by atoms with van der Waals surface area (Å²) in [6.45, 7) is 6.66. The van der Waals surface area contributed by atoms with Gasteiger partial charge in [-0.3, -0.25) is 13.9 Å². The third kappa shape index (κ3) is 8.20. The van der Waals surface area contributed by atoms with Crippen molar-refractivity contribution in [2.45, 2.75) is 50.7 Å². The summed E-state index contributed by atoms with van der Waals surface area (Å²) in [6, 6.07) is 18.6.